The van der Waals surface area contributed by atoms with Crippen LogP contribution in [0.25, 0.3) is 0 Å². The third kappa shape index (κ3) is 3.13. The van der Waals surface area contributed by atoms with Gasteiger partial charge in [0.15, 0.2) is 0 Å². The van der Waals surface area contributed by atoms with Crippen LogP contribution in [0.2, 0.25) is 5.02 Å². The van der Waals surface area contributed by atoms with Crippen molar-refractivity contribution >= 4 is 11.6 Å². The van der Waals surface area contributed by atoms with Crippen molar-refractivity contribution in [3.05, 3.63) is 28.3 Å². The van der Waals surface area contributed by atoms with E-state index in [9.17, 15) is 0 Å². The van der Waals surface area contributed by atoms with Gasteiger partial charge in [-0.05, 0) is 42.5 Å². The fourth-order valence-electron chi connectivity index (χ4n) is 1.86. The molecule has 0 heterocycles. The Balaban J connectivity index is 3.01. The maximum atomic E-state index is 6.16. The number of hydrogen-bond donors (Lipinski definition) is 1. The molecule has 0 aliphatic heterocycles. The van der Waals surface area contributed by atoms with Gasteiger partial charge in [-0.15, -0.1) is 0 Å². The molecule has 1 aromatic rings. The highest BCUT2D eigenvalue weighted by atomic mass is 35.5. The largest absolute Gasteiger partial charge is 0.495 e. The molecule has 1 rings (SSSR count). The highest BCUT2D eigenvalue weighted by Crippen LogP contribution is 2.31. The summed E-state index contributed by atoms with van der Waals surface area (Å²) in [5.74, 6) is 1.29. The Morgan fingerprint density at radius 2 is 2.00 bits per heavy atom. The Hall–Kier alpha value is -0.730. The highest BCUT2D eigenvalue weighted by molar-refractivity contribution is 6.32. The van der Waals surface area contributed by atoms with Crippen LogP contribution in [0.4, 0.5) is 0 Å². The molecule has 1 aromatic carbocycles. The lowest BCUT2D eigenvalue weighted by Gasteiger charge is -2.18. The standard InChI is InChI=1S/C13H20ClNO/c1-8(2)5-12(15)10-7-11(14)13(16-4)6-9(10)3/h6-8,12H,5,15H2,1-4H3. The molecule has 3 heteroatoms. The summed E-state index contributed by atoms with van der Waals surface area (Å²) in [7, 11) is 1.62. The molecule has 0 saturated heterocycles. The number of methoxy groups -OCH3 is 1. The van der Waals surface area contributed by atoms with Crippen molar-refractivity contribution in [2.45, 2.75) is 33.2 Å². The molecule has 90 valence electrons. The molecule has 0 amide bonds. The molecule has 0 fully saturated rings. The number of ether oxygens (including phenoxy) is 1. The molecule has 0 spiro atoms. The van der Waals surface area contributed by atoms with E-state index in [0.29, 0.717) is 16.7 Å². The van der Waals surface area contributed by atoms with Crippen LogP contribution in [0.5, 0.6) is 5.75 Å². The third-order valence-corrected chi connectivity index (χ3v) is 2.96. The normalized spacial score (nSPS) is 12.9. The van der Waals surface area contributed by atoms with Crippen molar-refractivity contribution in [3.63, 3.8) is 0 Å². The summed E-state index contributed by atoms with van der Waals surface area (Å²) in [5.41, 5.74) is 8.40. The smallest absolute Gasteiger partial charge is 0.137 e. The third-order valence-electron chi connectivity index (χ3n) is 2.67. The van der Waals surface area contributed by atoms with Crippen LogP contribution >= 0.6 is 11.6 Å². The highest BCUT2D eigenvalue weighted by Gasteiger charge is 2.13. The fourth-order valence-corrected chi connectivity index (χ4v) is 2.11. The number of aryl methyl sites for hydroxylation is 1. The second-order valence-electron chi connectivity index (χ2n) is 4.58. The lowest BCUT2D eigenvalue weighted by Crippen LogP contribution is -2.14. The minimum atomic E-state index is 0.0448. The molecule has 0 saturated carbocycles. The van der Waals surface area contributed by atoms with Crippen molar-refractivity contribution in [2.24, 2.45) is 11.7 Å². The molecule has 16 heavy (non-hydrogen) atoms. The first-order chi connectivity index (χ1) is 7.45. The zero-order chi connectivity index (χ0) is 12.3. The van der Waals surface area contributed by atoms with Crippen LogP contribution < -0.4 is 10.5 Å². The summed E-state index contributed by atoms with van der Waals surface area (Å²) in [6.45, 7) is 6.37. The second kappa shape index (κ2) is 5.55. The topological polar surface area (TPSA) is 35.2 Å². The van der Waals surface area contributed by atoms with Crippen molar-refractivity contribution in [1.29, 1.82) is 0 Å². The van der Waals surface area contributed by atoms with Crippen molar-refractivity contribution in [2.75, 3.05) is 7.11 Å². The van der Waals surface area contributed by atoms with E-state index in [4.69, 9.17) is 22.1 Å². The van der Waals surface area contributed by atoms with E-state index in [1.165, 1.54) is 0 Å². The van der Waals surface area contributed by atoms with E-state index in [2.05, 4.69) is 13.8 Å². The lowest BCUT2D eigenvalue weighted by molar-refractivity contribution is 0.414. The van der Waals surface area contributed by atoms with Gasteiger partial charge in [-0.1, -0.05) is 25.4 Å². The summed E-state index contributed by atoms with van der Waals surface area (Å²) in [6, 6.07) is 3.91. The van der Waals surface area contributed by atoms with Crippen LogP contribution in [0.3, 0.4) is 0 Å². The Morgan fingerprint density at radius 3 is 2.50 bits per heavy atom. The maximum absolute atomic E-state index is 6.16. The van der Waals surface area contributed by atoms with Crippen molar-refractivity contribution in [1.82, 2.24) is 0 Å². The molecule has 0 radical (unpaired) electrons. The Morgan fingerprint density at radius 1 is 1.38 bits per heavy atom. The first kappa shape index (κ1) is 13.3. The number of halogens is 1. The molecular weight excluding hydrogens is 222 g/mol. The summed E-state index contributed by atoms with van der Waals surface area (Å²) in [6.07, 6.45) is 0.962. The molecule has 0 aliphatic rings. The minimum absolute atomic E-state index is 0.0448. The van der Waals surface area contributed by atoms with Gasteiger partial charge in [0, 0.05) is 6.04 Å². The zero-order valence-corrected chi connectivity index (χ0v) is 11.1. The van der Waals surface area contributed by atoms with Gasteiger partial charge in [0.25, 0.3) is 0 Å². The Kier molecular flexibility index (Phi) is 4.63. The summed E-state index contributed by atoms with van der Waals surface area (Å²) >= 11 is 6.10. The van der Waals surface area contributed by atoms with Gasteiger partial charge in [0.2, 0.25) is 0 Å². The summed E-state index contributed by atoms with van der Waals surface area (Å²) < 4.78 is 5.17. The quantitative estimate of drug-likeness (QED) is 0.872. The molecule has 0 bridgehead atoms. The average Bonchev–Trinajstić information content (AvgIpc) is 2.19. The van der Waals surface area contributed by atoms with E-state index in [1.807, 2.05) is 19.1 Å². The van der Waals surface area contributed by atoms with Gasteiger partial charge in [-0.3, -0.25) is 0 Å². The van der Waals surface area contributed by atoms with Gasteiger partial charge in [0.1, 0.15) is 5.75 Å². The molecule has 0 aromatic heterocycles. The number of nitrogens with two attached hydrogens (primary N) is 1. The average molecular weight is 242 g/mol. The van der Waals surface area contributed by atoms with E-state index in [0.717, 1.165) is 17.5 Å². The Labute approximate surface area is 103 Å². The van der Waals surface area contributed by atoms with Crippen LogP contribution in [-0.4, -0.2) is 7.11 Å². The molecular formula is C13H20ClNO. The van der Waals surface area contributed by atoms with Crippen molar-refractivity contribution in [3.8, 4) is 5.75 Å². The maximum Gasteiger partial charge on any atom is 0.137 e. The van der Waals surface area contributed by atoms with Gasteiger partial charge < -0.3 is 10.5 Å². The van der Waals surface area contributed by atoms with E-state index < -0.39 is 0 Å². The predicted molar refractivity (Wildman–Crippen MR) is 69.1 cm³/mol. The number of hydrogen-bond acceptors (Lipinski definition) is 2. The SMILES string of the molecule is COc1cc(C)c(C(N)CC(C)C)cc1Cl. The van der Waals surface area contributed by atoms with E-state index >= 15 is 0 Å². The number of benzene rings is 1. The first-order valence-electron chi connectivity index (χ1n) is 5.55. The monoisotopic (exact) mass is 241 g/mol. The molecule has 2 N–H and O–H groups in total. The summed E-state index contributed by atoms with van der Waals surface area (Å²) in [5, 5.41) is 0.627. The van der Waals surface area contributed by atoms with Gasteiger partial charge in [-0.25, -0.2) is 0 Å². The van der Waals surface area contributed by atoms with Crippen LogP contribution in [0.1, 0.15) is 37.4 Å². The van der Waals surface area contributed by atoms with E-state index in [1.54, 1.807) is 7.11 Å². The molecule has 1 atom stereocenters. The molecule has 2 nitrogen and oxygen atoms in total. The van der Waals surface area contributed by atoms with Crippen LogP contribution in [-0.2, 0) is 0 Å². The fraction of sp³-hybridized carbons (Fsp3) is 0.538. The zero-order valence-electron chi connectivity index (χ0n) is 10.4. The van der Waals surface area contributed by atoms with Crippen LogP contribution in [0, 0.1) is 12.8 Å². The molecule has 1 unspecified atom stereocenters. The van der Waals surface area contributed by atoms with Gasteiger partial charge in [-0.2, -0.15) is 0 Å². The summed E-state index contributed by atoms with van der Waals surface area (Å²) in [4.78, 5) is 0. The minimum Gasteiger partial charge on any atom is -0.495 e. The second-order valence-corrected chi connectivity index (χ2v) is 4.99. The Bertz CT molecular complexity index is 363. The van der Waals surface area contributed by atoms with Gasteiger partial charge >= 0.3 is 0 Å². The van der Waals surface area contributed by atoms with Crippen LogP contribution in [0.15, 0.2) is 12.1 Å². The predicted octanol–water partition coefficient (Wildman–Crippen LogP) is 3.70. The lowest BCUT2D eigenvalue weighted by atomic mass is 9.94. The van der Waals surface area contributed by atoms with Gasteiger partial charge in [0.05, 0.1) is 12.1 Å². The number of rotatable bonds is 4. The first-order valence-corrected chi connectivity index (χ1v) is 5.93. The molecule has 0 aliphatic carbocycles. The van der Waals surface area contributed by atoms with Crippen molar-refractivity contribution < 1.29 is 4.74 Å². The van der Waals surface area contributed by atoms with E-state index in [-0.39, 0.29) is 6.04 Å².